The molecule has 0 aromatic rings. The monoisotopic (exact) mass is 239 g/mol. The van der Waals surface area contributed by atoms with Crippen molar-refractivity contribution in [2.75, 3.05) is 6.54 Å². The summed E-state index contributed by atoms with van der Waals surface area (Å²) in [4.78, 5) is 0. The van der Waals surface area contributed by atoms with Gasteiger partial charge < -0.3 is 5.32 Å². The Morgan fingerprint density at radius 1 is 1.00 bits per heavy atom. The van der Waals surface area contributed by atoms with E-state index in [4.69, 9.17) is 0 Å². The molecular weight excluding hydrogens is 206 g/mol. The van der Waals surface area contributed by atoms with Crippen molar-refractivity contribution in [3.63, 3.8) is 0 Å². The summed E-state index contributed by atoms with van der Waals surface area (Å²) in [6.45, 7) is 8.17. The Morgan fingerprint density at radius 2 is 1.82 bits per heavy atom. The van der Waals surface area contributed by atoms with Gasteiger partial charge in [-0.1, -0.05) is 46.5 Å². The highest BCUT2D eigenvalue weighted by Crippen LogP contribution is 2.34. The van der Waals surface area contributed by atoms with E-state index < -0.39 is 0 Å². The van der Waals surface area contributed by atoms with Crippen LogP contribution in [0.2, 0.25) is 0 Å². The molecule has 1 heteroatoms. The van der Waals surface area contributed by atoms with Crippen molar-refractivity contribution in [3.05, 3.63) is 0 Å². The van der Waals surface area contributed by atoms with Gasteiger partial charge in [-0.2, -0.15) is 0 Å². The maximum atomic E-state index is 3.79. The lowest BCUT2D eigenvalue weighted by Crippen LogP contribution is -2.41. The van der Waals surface area contributed by atoms with Crippen molar-refractivity contribution in [2.24, 2.45) is 11.8 Å². The number of hydrogen-bond donors (Lipinski definition) is 1. The molecule has 0 spiro atoms. The van der Waals surface area contributed by atoms with Crippen molar-refractivity contribution >= 4 is 0 Å². The Kier molecular flexibility index (Phi) is 7.92. The molecule has 1 aliphatic carbocycles. The second-order valence-electron chi connectivity index (χ2n) is 5.90. The fraction of sp³-hybridized carbons (Fsp3) is 1.00. The molecule has 0 saturated heterocycles. The summed E-state index contributed by atoms with van der Waals surface area (Å²) in [5.74, 6) is 1.98. The van der Waals surface area contributed by atoms with E-state index in [2.05, 4.69) is 26.1 Å². The lowest BCUT2D eigenvalue weighted by Gasteiger charge is -2.36. The predicted molar refractivity (Wildman–Crippen MR) is 77.3 cm³/mol. The molecule has 0 aliphatic heterocycles. The molecule has 17 heavy (non-hydrogen) atoms. The lowest BCUT2D eigenvalue weighted by atomic mass is 9.75. The van der Waals surface area contributed by atoms with Gasteiger partial charge >= 0.3 is 0 Å². The molecule has 3 unspecified atom stereocenters. The normalized spacial score (nSPS) is 29.5. The van der Waals surface area contributed by atoms with Crippen LogP contribution in [0.25, 0.3) is 0 Å². The average molecular weight is 239 g/mol. The minimum Gasteiger partial charge on any atom is -0.314 e. The van der Waals surface area contributed by atoms with Gasteiger partial charge in [-0.05, 0) is 50.5 Å². The molecule has 0 amide bonds. The third-order valence-electron chi connectivity index (χ3n) is 4.50. The van der Waals surface area contributed by atoms with Crippen molar-refractivity contribution in [3.8, 4) is 0 Å². The molecule has 0 heterocycles. The average Bonchev–Trinajstić information content (AvgIpc) is 2.37. The van der Waals surface area contributed by atoms with Crippen LogP contribution in [0.4, 0.5) is 0 Å². The minimum absolute atomic E-state index is 0.828. The van der Waals surface area contributed by atoms with Crippen LogP contribution >= 0.6 is 0 Å². The molecule has 1 saturated carbocycles. The predicted octanol–water partition coefficient (Wildman–Crippen LogP) is 4.76. The summed E-state index contributed by atoms with van der Waals surface area (Å²) in [7, 11) is 0. The van der Waals surface area contributed by atoms with E-state index in [1.54, 1.807) is 0 Å². The van der Waals surface area contributed by atoms with Gasteiger partial charge in [-0.25, -0.2) is 0 Å². The standard InChI is InChI=1S/C16H33N/c1-4-7-8-9-15-13-14(6-3)10-11-16(15)17-12-5-2/h14-17H,4-13H2,1-3H3. The zero-order valence-electron chi connectivity index (χ0n) is 12.3. The van der Waals surface area contributed by atoms with Crippen LogP contribution in [-0.4, -0.2) is 12.6 Å². The van der Waals surface area contributed by atoms with Crippen molar-refractivity contribution in [2.45, 2.75) is 84.6 Å². The lowest BCUT2D eigenvalue weighted by molar-refractivity contribution is 0.186. The second-order valence-corrected chi connectivity index (χ2v) is 5.90. The summed E-state index contributed by atoms with van der Waals surface area (Å²) in [5, 5.41) is 3.79. The first kappa shape index (κ1) is 15.0. The summed E-state index contributed by atoms with van der Waals surface area (Å²) in [6, 6.07) is 0.828. The van der Waals surface area contributed by atoms with Gasteiger partial charge in [0, 0.05) is 6.04 Å². The maximum Gasteiger partial charge on any atom is 0.00955 e. The first-order valence-electron chi connectivity index (χ1n) is 8.05. The van der Waals surface area contributed by atoms with E-state index in [-0.39, 0.29) is 0 Å². The SMILES string of the molecule is CCCCCC1CC(CC)CCC1NCCC. The fourth-order valence-electron chi connectivity index (χ4n) is 3.31. The number of rotatable bonds is 8. The smallest absolute Gasteiger partial charge is 0.00955 e. The third kappa shape index (κ3) is 5.42. The Labute approximate surface area is 109 Å². The van der Waals surface area contributed by atoms with Gasteiger partial charge in [-0.15, -0.1) is 0 Å². The molecule has 1 aliphatic rings. The van der Waals surface area contributed by atoms with E-state index in [1.807, 2.05) is 0 Å². The Morgan fingerprint density at radius 3 is 2.47 bits per heavy atom. The van der Waals surface area contributed by atoms with Crippen LogP contribution in [0.3, 0.4) is 0 Å². The van der Waals surface area contributed by atoms with E-state index in [9.17, 15) is 0 Å². The fourth-order valence-corrected chi connectivity index (χ4v) is 3.31. The van der Waals surface area contributed by atoms with Crippen LogP contribution in [0.15, 0.2) is 0 Å². The highest BCUT2D eigenvalue weighted by Gasteiger charge is 2.28. The summed E-state index contributed by atoms with van der Waals surface area (Å²) < 4.78 is 0. The van der Waals surface area contributed by atoms with E-state index >= 15 is 0 Å². The Hall–Kier alpha value is -0.0400. The number of hydrogen-bond acceptors (Lipinski definition) is 1. The van der Waals surface area contributed by atoms with E-state index in [0.29, 0.717) is 0 Å². The quantitative estimate of drug-likeness (QED) is 0.602. The minimum atomic E-state index is 0.828. The zero-order valence-corrected chi connectivity index (χ0v) is 12.3. The molecule has 1 fully saturated rings. The first-order valence-corrected chi connectivity index (χ1v) is 8.05. The molecule has 102 valence electrons. The summed E-state index contributed by atoms with van der Waals surface area (Å²) in [5.41, 5.74) is 0. The molecular formula is C16H33N. The van der Waals surface area contributed by atoms with E-state index in [0.717, 1.165) is 17.9 Å². The Balaban J connectivity index is 2.37. The number of nitrogens with one attached hydrogen (secondary N) is 1. The van der Waals surface area contributed by atoms with Crippen LogP contribution in [0.5, 0.6) is 0 Å². The van der Waals surface area contributed by atoms with Gasteiger partial charge in [0.2, 0.25) is 0 Å². The molecule has 0 aromatic carbocycles. The van der Waals surface area contributed by atoms with Crippen LogP contribution in [0.1, 0.15) is 78.6 Å². The summed E-state index contributed by atoms with van der Waals surface area (Å²) >= 11 is 0. The van der Waals surface area contributed by atoms with Gasteiger partial charge in [0.1, 0.15) is 0 Å². The van der Waals surface area contributed by atoms with Crippen molar-refractivity contribution < 1.29 is 0 Å². The molecule has 1 N–H and O–H groups in total. The van der Waals surface area contributed by atoms with Crippen LogP contribution < -0.4 is 5.32 Å². The summed E-state index contributed by atoms with van der Waals surface area (Å²) in [6.07, 6.45) is 12.7. The zero-order chi connectivity index (χ0) is 12.5. The van der Waals surface area contributed by atoms with E-state index in [1.165, 1.54) is 64.3 Å². The Bertz CT molecular complexity index is 178. The third-order valence-corrected chi connectivity index (χ3v) is 4.50. The van der Waals surface area contributed by atoms with Crippen molar-refractivity contribution in [1.29, 1.82) is 0 Å². The first-order chi connectivity index (χ1) is 8.31. The van der Waals surface area contributed by atoms with Gasteiger partial charge in [0.25, 0.3) is 0 Å². The van der Waals surface area contributed by atoms with Gasteiger partial charge in [0.05, 0.1) is 0 Å². The molecule has 3 atom stereocenters. The van der Waals surface area contributed by atoms with Crippen LogP contribution in [-0.2, 0) is 0 Å². The van der Waals surface area contributed by atoms with Crippen LogP contribution in [0, 0.1) is 11.8 Å². The largest absolute Gasteiger partial charge is 0.314 e. The van der Waals surface area contributed by atoms with Gasteiger partial charge in [0.15, 0.2) is 0 Å². The highest BCUT2D eigenvalue weighted by molar-refractivity contribution is 4.84. The molecule has 0 bridgehead atoms. The molecule has 1 rings (SSSR count). The highest BCUT2D eigenvalue weighted by atomic mass is 14.9. The topological polar surface area (TPSA) is 12.0 Å². The molecule has 0 radical (unpaired) electrons. The molecule has 1 nitrogen and oxygen atoms in total. The number of unbranched alkanes of at least 4 members (excludes halogenated alkanes) is 2. The maximum absolute atomic E-state index is 3.79. The molecule has 0 aromatic heterocycles. The van der Waals surface area contributed by atoms with Gasteiger partial charge in [-0.3, -0.25) is 0 Å². The second kappa shape index (κ2) is 8.97. The van der Waals surface area contributed by atoms with Crippen molar-refractivity contribution in [1.82, 2.24) is 5.32 Å².